The van der Waals surface area contributed by atoms with Crippen molar-refractivity contribution in [2.24, 2.45) is 5.92 Å². The first-order valence-corrected chi connectivity index (χ1v) is 16.5. The number of aliphatic hydroxyl groups is 1. The summed E-state index contributed by atoms with van der Waals surface area (Å²) in [5.41, 5.74) is -2.44. The molecule has 1 unspecified atom stereocenters. The molecule has 11 nitrogen and oxygen atoms in total. The van der Waals surface area contributed by atoms with Gasteiger partial charge in [-0.3, -0.25) is 14.4 Å². The van der Waals surface area contributed by atoms with Crippen molar-refractivity contribution in [3.63, 3.8) is 0 Å². The zero-order chi connectivity index (χ0) is 34.4. The quantitative estimate of drug-likeness (QED) is 0.0584. The number of carbonyl (C=O) groups excluding carboxylic acids is 2. The molecule has 0 saturated carbocycles. The Labute approximate surface area is 272 Å². The van der Waals surface area contributed by atoms with E-state index < -0.39 is 47.8 Å². The molecule has 0 bridgehead atoms. The molecule has 3 atom stereocenters. The first-order valence-electron chi connectivity index (χ1n) is 16.5. The summed E-state index contributed by atoms with van der Waals surface area (Å²) >= 11 is 0. The summed E-state index contributed by atoms with van der Waals surface area (Å²) in [5.74, 6) is -7.05. The number of benzene rings is 1. The van der Waals surface area contributed by atoms with E-state index in [2.05, 4.69) is 12.2 Å². The van der Waals surface area contributed by atoms with Crippen molar-refractivity contribution < 1.29 is 49.1 Å². The minimum atomic E-state index is -3.01. The molecule has 0 aliphatic rings. The third kappa shape index (κ3) is 16.0. The van der Waals surface area contributed by atoms with Gasteiger partial charge in [0.25, 0.3) is 0 Å². The van der Waals surface area contributed by atoms with E-state index >= 15 is 0 Å². The van der Waals surface area contributed by atoms with Gasteiger partial charge in [-0.2, -0.15) is 0 Å². The molecule has 1 amide bonds. The van der Waals surface area contributed by atoms with Gasteiger partial charge >= 0.3 is 17.9 Å². The fourth-order valence-electron chi connectivity index (χ4n) is 4.99. The lowest BCUT2D eigenvalue weighted by Crippen LogP contribution is -2.55. The van der Waals surface area contributed by atoms with E-state index in [0.29, 0.717) is 43.6 Å². The number of amides is 1. The molecule has 0 spiro atoms. The number of carbonyl (C=O) groups is 5. The van der Waals surface area contributed by atoms with Crippen molar-refractivity contribution in [2.45, 2.75) is 128 Å². The van der Waals surface area contributed by atoms with E-state index in [9.17, 15) is 44.4 Å². The van der Waals surface area contributed by atoms with Gasteiger partial charge in [0.15, 0.2) is 5.60 Å². The van der Waals surface area contributed by atoms with Crippen molar-refractivity contribution in [2.75, 3.05) is 6.61 Å². The predicted molar refractivity (Wildman–Crippen MR) is 174 cm³/mol. The van der Waals surface area contributed by atoms with Gasteiger partial charge in [0.2, 0.25) is 5.91 Å². The fraction of sp³-hybridized carbons (Fsp3) is 0.629. The highest BCUT2D eigenvalue weighted by Crippen LogP contribution is 2.26. The molecule has 0 aromatic heterocycles. The summed E-state index contributed by atoms with van der Waals surface area (Å²) in [5, 5.41) is 42.0. The summed E-state index contributed by atoms with van der Waals surface area (Å²) in [7, 11) is 0. The SMILES string of the molecule is CCCCCCCC(=O)CCCCCC/C=C/[C@H](C(=O)NC(Cc1ccc(OCCCC)cc1)C(=O)O)[C@@](O)(CC(=O)O)C(=O)O. The number of carboxylic acid groups (broad SMARTS) is 3. The van der Waals surface area contributed by atoms with Crippen molar-refractivity contribution in [1.82, 2.24) is 5.32 Å². The number of aliphatic carboxylic acids is 3. The third-order valence-electron chi connectivity index (χ3n) is 7.80. The van der Waals surface area contributed by atoms with E-state index in [0.717, 1.165) is 63.9 Å². The molecule has 46 heavy (non-hydrogen) atoms. The van der Waals surface area contributed by atoms with Gasteiger partial charge in [-0.25, -0.2) is 9.59 Å². The standard InChI is InChI=1S/C35H53NO10/c1-3-5-7-10-13-16-27(37)17-14-11-8-9-12-15-18-29(35(45,34(43)44)25-31(38)39)32(40)36-30(33(41)42)24-26-19-21-28(22-20-26)46-23-6-4-2/h15,18-22,29-30,45H,3-14,16-17,23-25H2,1-2H3,(H,36,40)(H,38,39)(H,41,42)(H,43,44)/b18-15+/t29-,30?,35+/m1/s1. The van der Waals surface area contributed by atoms with Crippen LogP contribution < -0.4 is 10.1 Å². The summed E-state index contributed by atoms with van der Waals surface area (Å²) < 4.78 is 5.61. The Hall–Kier alpha value is -3.73. The van der Waals surface area contributed by atoms with Crippen molar-refractivity contribution in [3.8, 4) is 5.75 Å². The van der Waals surface area contributed by atoms with Crippen LogP contribution in [0.2, 0.25) is 0 Å². The highest BCUT2D eigenvalue weighted by molar-refractivity contribution is 5.94. The second-order valence-electron chi connectivity index (χ2n) is 11.8. The number of carboxylic acids is 3. The Bertz CT molecular complexity index is 1120. The molecular formula is C35H53NO10. The summed E-state index contributed by atoms with van der Waals surface area (Å²) in [6, 6.07) is 5.20. The number of rotatable bonds is 27. The minimum absolute atomic E-state index is 0.140. The second-order valence-corrected chi connectivity index (χ2v) is 11.8. The Balaban J connectivity index is 2.81. The van der Waals surface area contributed by atoms with E-state index in [1.807, 2.05) is 6.92 Å². The van der Waals surface area contributed by atoms with Crippen molar-refractivity contribution in [3.05, 3.63) is 42.0 Å². The third-order valence-corrected chi connectivity index (χ3v) is 7.80. The molecule has 0 fully saturated rings. The smallest absolute Gasteiger partial charge is 0.337 e. The van der Waals surface area contributed by atoms with E-state index in [4.69, 9.17) is 4.74 Å². The highest BCUT2D eigenvalue weighted by Gasteiger charge is 2.49. The number of nitrogens with one attached hydrogen (secondary N) is 1. The number of allylic oxidation sites excluding steroid dienone is 1. The van der Waals surface area contributed by atoms with Gasteiger partial charge in [-0.05, 0) is 49.8 Å². The molecular weight excluding hydrogens is 594 g/mol. The molecule has 1 aromatic carbocycles. The van der Waals surface area contributed by atoms with Crippen LogP contribution in [0.25, 0.3) is 0 Å². The molecule has 258 valence electrons. The van der Waals surface area contributed by atoms with Gasteiger partial charge in [-0.1, -0.05) is 83.1 Å². The lowest BCUT2D eigenvalue weighted by Gasteiger charge is -2.29. The number of ketones is 1. The molecule has 0 saturated heterocycles. The number of ether oxygens (including phenoxy) is 1. The zero-order valence-electron chi connectivity index (χ0n) is 27.4. The maximum atomic E-state index is 13.3. The topological polar surface area (TPSA) is 188 Å². The molecule has 1 aromatic rings. The second kappa shape index (κ2) is 22.7. The normalized spacial score (nSPS) is 13.9. The number of hydrogen-bond acceptors (Lipinski definition) is 7. The first kappa shape index (κ1) is 40.3. The average Bonchev–Trinajstić information content (AvgIpc) is 3.00. The zero-order valence-corrected chi connectivity index (χ0v) is 27.4. The molecule has 5 N–H and O–H groups in total. The van der Waals surface area contributed by atoms with Crippen LogP contribution in [0.15, 0.2) is 36.4 Å². The minimum Gasteiger partial charge on any atom is -0.494 e. The highest BCUT2D eigenvalue weighted by atomic mass is 16.5. The Morgan fingerprint density at radius 3 is 1.96 bits per heavy atom. The van der Waals surface area contributed by atoms with Crippen LogP contribution in [-0.2, 0) is 30.4 Å². The lowest BCUT2D eigenvalue weighted by molar-refractivity contribution is -0.172. The molecule has 0 radical (unpaired) electrons. The van der Waals surface area contributed by atoms with Crippen LogP contribution in [-0.4, -0.2) is 68.3 Å². The summed E-state index contributed by atoms with van der Waals surface area (Å²) in [4.78, 5) is 60.8. The lowest BCUT2D eigenvalue weighted by atomic mass is 9.82. The number of Topliss-reactive ketones (excluding diaryl/α,β-unsaturated/α-hetero) is 1. The maximum absolute atomic E-state index is 13.3. The van der Waals surface area contributed by atoms with Gasteiger partial charge in [0.1, 0.15) is 17.6 Å². The first-order chi connectivity index (χ1) is 21.9. The van der Waals surface area contributed by atoms with Crippen LogP contribution in [0, 0.1) is 5.92 Å². The summed E-state index contributed by atoms with van der Waals surface area (Å²) in [6.45, 7) is 4.73. The number of hydrogen-bond donors (Lipinski definition) is 5. The van der Waals surface area contributed by atoms with Crippen LogP contribution in [0.4, 0.5) is 0 Å². The Kier molecular flexibility index (Phi) is 19.9. The van der Waals surface area contributed by atoms with Crippen molar-refractivity contribution >= 4 is 29.6 Å². The van der Waals surface area contributed by atoms with Gasteiger partial charge < -0.3 is 30.5 Å². The maximum Gasteiger partial charge on any atom is 0.337 e. The number of unbranched alkanes of at least 4 members (excludes halogenated alkanes) is 9. The predicted octanol–water partition coefficient (Wildman–Crippen LogP) is 5.71. The Morgan fingerprint density at radius 1 is 0.826 bits per heavy atom. The monoisotopic (exact) mass is 647 g/mol. The van der Waals surface area contributed by atoms with Gasteiger partial charge in [0, 0.05) is 19.3 Å². The fourth-order valence-corrected chi connectivity index (χ4v) is 4.99. The van der Waals surface area contributed by atoms with Gasteiger partial charge in [-0.15, -0.1) is 0 Å². The molecule has 11 heteroatoms. The average molecular weight is 648 g/mol. The molecule has 1 rings (SSSR count). The van der Waals surface area contributed by atoms with E-state index in [1.54, 1.807) is 24.3 Å². The Morgan fingerprint density at radius 2 is 1.41 bits per heavy atom. The van der Waals surface area contributed by atoms with Crippen LogP contribution in [0.5, 0.6) is 5.75 Å². The molecule has 0 aliphatic heterocycles. The van der Waals surface area contributed by atoms with Crippen LogP contribution >= 0.6 is 0 Å². The molecule has 0 heterocycles. The van der Waals surface area contributed by atoms with E-state index in [-0.39, 0.29) is 12.2 Å². The van der Waals surface area contributed by atoms with Crippen LogP contribution in [0.1, 0.15) is 116 Å². The molecule has 0 aliphatic carbocycles. The van der Waals surface area contributed by atoms with Crippen molar-refractivity contribution in [1.29, 1.82) is 0 Å². The summed E-state index contributed by atoms with van der Waals surface area (Å²) in [6.07, 6.45) is 13.2. The van der Waals surface area contributed by atoms with Gasteiger partial charge in [0.05, 0.1) is 18.9 Å². The van der Waals surface area contributed by atoms with Crippen LogP contribution in [0.3, 0.4) is 0 Å². The van der Waals surface area contributed by atoms with E-state index in [1.165, 1.54) is 12.5 Å². The largest absolute Gasteiger partial charge is 0.494 e.